The van der Waals surface area contributed by atoms with Gasteiger partial charge in [-0.25, -0.2) is 9.67 Å². The van der Waals surface area contributed by atoms with Crippen LogP contribution in [-0.4, -0.2) is 69.7 Å². The van der Waals surface area contributed by atoms with E-state index in [-0.39, 0.29) is 17.9 Å². The molecule has 3 heterocycles. The number of amides is 2. The lowest BCUT2D eigenvalue weighted by Crippen LogP contribution is -2.37. The van der Waals surface area contributed by atoms with Gasteiger partial charge < -0.3 is 14.5 Å². The maximum absolute atomic E-state index is 13.3. The molecule has 1 saturated heterocycles. The molecule has 32 heavy (non-hydrogen) atoms. The minimum atomic E-state index is -0.0721. The molecule has 8 heteroatoms. The van der Waals surface area contributed by atoms with Gasteiger partial charge in [0, 0.05) is 37.6 Å². The third-order valence-corrected chi connectivity index (χ3v) is 5.89. The molecule has 8 nitrogen and oxygen atoms in total. The van der Waals surface area contributed by atoms with Crippen LogP contribution in [0.15, 0.2) is 36.5 Å². The Balaban J connectivity index is 1.51. The predicted octanol–water partition coefficient (Wildman–Crippen LogP) is 3.32. The average Bonchev–Trinajstić information content (AvgIpc) is 3.04. The quantitative estimate of drug-likeness (QED) is 0.628. The van der Waals surface area contributed by atoms with Crippen LogP contribution in [0.4, 0.5) is 0 Å². The summed E-state index contributed by atoms with van der Waals surface area (Å²) in [6.07, 6.45) is 2.47. The number of carbonyl (C=O) groups is 2. The summed E-state index contributed by atoms with van der Waals surface area (Å²) >= 11 is 0. The molecule has 2 aromatic heterocycles. The van der Waals surface area contributed by atoms with Gasteiger partial charge in [0.05, 0.1) is 30.1 Å². The molecule has 0 saturated carbocycles. The molecule has 1 aliphatic heterocycles. The molecule has 0 bridgehead atoms. The fourth-order valence-electron chi connectivity index (χ4n) is 4.15. The number of aryl methyl sites for hydroxylation is 1. The highest BCUT2D eigenvalue weighted by molar-refractivity contribution is 5.99. The van der Waals surface area contributed by atoms with Crippen molar-refractivity contribution in [2.24, 2.45) is 0 Å². The first-order chi connectivity index (χ1) is 15.4. The molecule has 2 amide bonds. The smallest absolute Gasteiger partial charge is 0.257 e. The van der Waals surface area contributed by atoms with Crippen molar-refractivity contribution in [3.05, 3.63) is 53.3 Å². The second kappa shape index (κ2) is 8.98. The first-order valence-electron chi connectivity index (χ1n) is 11.0. The van der Waals surface area contributed by atoms with Crippen molar-refractivity contribution in [1.82, 2.24) is 24.6 Å². The lowest BCUT2D eigenvalue weighted by Gasteiger charge is -2.23. The van der Waals surface area contributed by atoms with Gasteiger partial charge in [0.15, 0.2) is 5.65 Å². The highest BCUT2D eigenvalue weighted by Gasteiger charge is 2.26. The van der Waals surface area contributed by atoms with E-state index in [1.54, 1.807) is 30.3 Å². The molecule has 1 aliphatic rings. The van der Waals surface area contributed by atoms with E-state index in [4.69, 9.17) is 4.74 Å². The zero-order valence-electron chi connectivity index (χ0n) is 19.0. The van der Waals surface area contributed by atoms with Crippen LogP contribution in [0.2, 0.25) is 0 Å². The number of carbonyl (C=O) groups excluding carboxylic acids is 2. The number of ether oxygens (including phenoxy) is 1. The molecule has 0 spiro atoms. The Kier molecular flexibility index (Phi) is 6.12. The molecule has 0 atom stereocenters. The maximum atomic E-state index is 13.3. The second-order valence-corrected chi connectivity index (χ2v) is 8.36. The van der Waals surface area contributed by atoms with Gasteiger partial charge >= 0.3 is 0 Å². The topological polar surface area (TPSA) is 80.6 Å². The van der Waals surface area contributed by atoms with Gasteiger partial charge in [-0.3, -0.25) is 9.59 Å². The third kappa shape index (κ3) is 4.04. The lowest BCUT2D eigenvalue weighted by atomic mass is 10.1. The summed E-state index contributed by atoms with van der Waals surface area (Å²) in [5.41, 5.74) is 2.61. The summed E-state index contributed by atoms with van der Waals surface area (Å²) in [5.74, 6) is 0.435. The number of hydrogen-bond donors (Lipinski definition) is 0. The van der Waals surface area contributed by atoms with Crippen LogP contribution in [0.5, 0.6) is 5.75 Å². The van der Waals surface area contributed by atoms with Gasteiger partial charge in [-0.15, -0.1) is 0 Å². The number of methoxy groups -OCH3 is 1. The van der Waals surface area contributed by atoms with Crippen LogP contribution in [-0.2, 0) is 0 Å². The Hall–Kier alpha value is -3.42. The number of nitrogens with zero attached hydrogens (tertiary/aromatic N) is 5. The fraction of sp³-hybridized carbons (Fsp3) is 0.417. The van der Waals surface area contributed by atoms with Crippen LogP contribution < -0.4 is 4.74 Å². The fourth-order valence-corrected chi connectivity index (χ4v) is 4.15. The van der Waals surface area contributed by atoms with Crippen molar-refractivity contribution >= 4 is 22.8 Å². The summed E-state index contributed by atoms with van der Waals surface area (Å²) in [5, 5.41) is 5.27. The number of rotatable bonds is 4. The number of fused-ring (bicyclic) bond motifs is 1. The molecule has 0 N–H and O–H groups in total. The zero-order chi connectivity index (χ0) is 22.8. The molecule has 0 unspecified atom stereocenters. The van der Waals surface area contributed by atoms with Crippen LogP contribution >= 0.6 is 0 Å². The minimum Gasteiger partial charge on any atom is -0.496 e. The summed E-state index contributed by atoms with van der Waals surface area (Å²) in [7, 11) is 1.56. The van der Waals surface area contributed by atoms with E-state index < -0.39 is 0 Å². The average molecular weight is 436 g/mol. The Labute approximate surface area is 187 Å². The monoisotopic (exact) mass is 435 g/mol. The highest BCUT2D eigenvalue weighted by Crippen LogP contribution is 2.23. The zero-order valence-corrected chi connectivity index (χ0v) is 19.0. The van der Waals surface area contributed by atoms with Crippen molar-refractivity contribution in [3.63, 3.8) is 0 Å². The molecular weight excluding hydrogens is 406 g/mol. The van der Waals surface area contributed by atoms with Gasteiger partial charge in [-0.05, 0) is 45.4 Å². The first-order valence-corrected chi connectivity index (χ1v) is 11.0. The molecule has 3 aromatic rings. The van der Waals surface area contributed by atoms with Gasteiger partial charge in [0.25, 0.3) is 11.8 Å². The summed E-state index contributed by atoms with van der Waals surface area (Å²) in [4.78, 5) is 34.7. The van der Waals surface area contributed by atoms with E-state index in [0.717, 1.165) is 11.0 Å². The second-order valence-electron chi connectivity index (χ2n) is 8.36. The maximum Gasteiger partial charge on any atom is 0.257 e. The van der Waals surface area contributed by atoms with Crippen LogP contribution in [0, 0.1) is 6.92 Å². The van der Waals surface area contributed by atoms with Gasteiger partial charge in [-0.2, -0.15) is 5.10 Å². The molecule has 1 fully saturated rings. The van der Waals surface area contributed by atoms with E-state index in [9.17, 15) is 9.59 Å². The van der Waals surface area contributed by atoms with E-state index >= 15 is 0 Å². The molecule has 1 aromatic carbocycles. The Morgan fingerprint density at radius 3 is 2.31 bits per heavy atom. The molecule has 168 valence electrons. The van der Waals surface area contributed by atoms with Crippen molar-refractivity contribution in [2.75, 3.05) is 33.3 Å². The van der Waals surface area contributed by atoms with Crippen LogP contribution in [0.1, 0.15) is 52.7 Å². The summed E-state index contributed by atoms with van der Waals surface area (Å²) in [6.45, 7) is 8.11. The predicted molar refractivity (Wildman–Crippen MR) is 122 cm³/mol. The number of para-hydroxylation sites is 1. The van der Waals surface area contributed by atoms with Crippen LogP contribution in [0.3, 0.4) is 0 Å². The summed E-state index contributed by atoms with van der Waals surface area (Å²) < 4.78 is 7.21. The standard InChI is InChI=1S/C24H29N5O3/c1-16(2)29-22-18(15-25-29)14-20(17(3)26-22)24(31)28-11-7-10-27(12-13-28)23(30)19-8-5-6-9-21(19)32-4/h5-6,8-9,14-16H,7,10-13H2,1-4H3. The minimum absolute atomic E-state index is 0.0548. The van der Waals surface area contributed by atoms with Crippen molar-refractivity contribution in [3.8, 4) is 5.75 Å². The third-order valence-electron chi connectivity index (χ3n) is 5.89. The molecule has 0 aliphatic carbocycles. The number of pyridine rings is 1. The van der Waals surface area contributed by atoms with Gasteiger partial charge in [0.1, 0.15) is 5.75 Å². The largest absolute Gasteiger partial charge is 0.496 e. The molecular formula is C24H29N5O3. The normalized spacial score (nSPS) is 14.7. The number of hydrogen-bond acceptors (Lipinski definition) is 5. The van der Waals surface area contributed by atoms with Gasteiger partial charge in [0.2, 0.25) is 0 Å². The SMILES string of the molecule is COc1ccccc1C(=O)N1CCCN(C(=O)c2cc3cnn(C(C)C)c3nc2C)CC1. The van der Waals surface area contributed by atoms with E-state index in [2.05, 4.69) is 23.9 Å². The first kappa shape index (κ1) is 21.8. The molecule has 4 rings (SSSR count). The Morgan fingerprint density at radius 2 is 1.66 bits per heavy atom. The Bertz CT molecular complexity index is 1150. The molecule has 0 radical (unpaired) electrons. The van der Waals surface area contributed by atoms with Crippen molar-refractivity contribution in [2.45, 2.75) is 33.2 Å². The number of aromatic nitrogens is 3. The van der Waals surface area contributed by atoms with Gasteiger partial charge in [-0.1, -0.05) is 12.1 Å². The van der Waals surface area contributed by atoms with E-state index in [1.165, 1.54) is 0 Å². The Morgan fingerprint density at radius 1 is 1.00 bits per heavy atom. The lowest BCUT2D eigenvalue weighted by molar-refractivity contribution is 0.0716. The van der Waals surface area contributed by atoms with E-state index in [1.807, 2.05) is 34.7 Å². The highest BCUT2D eigenvalue weighted by atomic mass is 16.5. The van der Waals surface area contributed by atoms with Crippen molar-refractivity contribution < 1.29 is 14.3 Å². The van der Waals surface area contributed by atoms with Crippen molar-refractivity contribution in [1.29, 1.82) is 0 Å². The van der Waals surface area contributed by atoms with Crippen LogP contribution in [0.25, 0.3) is 11.0 Å². The number of benzene rings is 1. The van der Waals surface area contributed by atoms with E-state index in [0.29, 0.717) is 55.2 Å². The summed E-state index contributed by atoms with van der Waals surface area (Å²) in [6, 6.07) is 9.31.